The lowest BCUT2D eigenvalue weighted by atomic mass is 9.84. The first kappa shape index (κ1) is 48.4. The van der Waals surface area contributed by atoms with Crippen LogP contribution in [0.3, 0.4) is 0 Å². The molecule has 0 unspecified atom stereocenters. The van der Waals surface area contributed by atoms with Gasteiger partial charge in [0.1, 0.15) is 61.0 Å². The van der Waals surface area contributed by atoms with Crippen LogP contribution in [0.25, 0.3) is 0 Å². The zero-order valence-electron chi connectivity index (χ0n) is 27.3. The van der Waals surface area contributed by atoms with Crippen LogP contribution in [-0.2, 0) is 38.1 Å². The summed E-state index contributed by atoms with van der Waals surface area (Å²) in [4.78, 5) is 36.0. The number of aliphatic carboxylic acids is 4. The number of hydrogen-bond donors (Lipinski definition) is 15. The highest BCUT2D eigenvalue weighted by molar-refractivity contribution is 5.63. The number of ether oxygens (including phenoxy) is 4. The molecule has 23 nitrogen and oxygen atoms in total. The van der Waals surface area contributed by atoms with Gasteiger partial charge >= 0.3 is 0 Å². The van der Waals surface area contributed by atoms with E-state index >= 15 is 0 Å². The van der Waals surface area contributed by atoms with Crippen molar-refractivity contribution in [2.75, 3.05) is 13.2 Å². The fraction of sp³-hybridized carbons (Fsp3) is 0.846. The molecule has 0 aromatic heterocycles. The third-order valence-electron chi connectivity index (χ3n) is 6.48. The van der Waals surface area contributed by atoms with Gasteiger partial charge in [-0.25, -0.2) is 0 Å². The van der Waals surface area contributed by atoms with E-state index in [0.29, 0.717) is 0 Å². The van der Waals surface area contributed by atoms with Crippen LogP contribution in [0.2, 0.25) is 0 Å². The summed E-state index contributed by atoms with van der Waals surface area (Å²) in [5.74, 6) is -3.33. The van der Waals surface area contributed by atoms with E-state index in [0.717, 1.165) is 27.7 Å². The molecule has 23 heteroatoms. The molecule has 3 fully saturated rings. The summed E-state index contributed by atoms with van der Waals surface area (Å²) in [7, 11) is 0. The van der Waals surface area contributed by atoms with Crippen molar-refractivity contribution in [1.82, 2.24) is 0 Å². The lowest BCUT2D eigenvalue weighted by molar-refractivity contribution is -0.332. The van der Waals surface area contributed by atoms with Crippen LogP contribution >= 0.6 is 0 Å². The summed E-state index contributed by atoms with van der Waals surface area (Å²) >= 11 is 0. The molecule has 0 amide bonds. The Morgan fingerprint density at radius 3 is 1.29 bits per heavy atom. The van der Waals surface area contributed by atoms with E-state index < -0.39 is 122 Å². The van der Waals surface area contributed by atoms with Crippen LogP contribution < -0.4 is 22.9 Å². The van der Waals surface area contributed by atoms with Crippen molar-refractivity contribution in [2.24, 2.45) is 22.9 Å². The van der Waals surface area contributed by atoms with Crippen molar-refractivity contribution in [2.45, 2.75) is 126 Å². The van der Waals surface area contributed by atoms with Crippen molar-refractivity contribution >= 4 is 23.9 Å². The van der Waals surface area contributed by atoms with Crippen LogP contribution in [0, 0.1) is 0 Å². The number of nitrogens with two attached hydrogens (primary N) is 4. The number of carbonyl (C=O) groups is 4. The zero-order chi connectivity index (χ0) is 38.9. The van der Waals surface area contributed by atoms with Crippen LogP contribution in [0.5, 0.6) is 0 Å². The van der Waals surface area contributed by atoms with Gasteiger partial charge < -0.3 is 98.1 Å². The minimum atomic E-state index is -1.66. The molecule has 3 rings (SSSR count). The quantitative estimate of drug-likeness (QED) is 0.121. The van der Waals surface area contributed by atoms with Gasteiger partial charge in [0.15, 0.2) is 12.6 Å². The molecule has 19 N–H and O–H groups in total. The summed E-state index contributed by atoms with van der Waals surface area (Å²) in [5, 5.41) is 101. The SMILES string of the molecule is CC(=O)O.CC(=O)O.CC(=O)O.CC(=O)O.NC[C@@H]1O[C@@H](O[C@H]2[C@H](O)[C@@H](O[C@H]3O[C@H](CO)[C@@H](O)[C@H](N)[C@H]3O)[C@H](N)C[C@@H]2N)[C@@H](O)[C@H](O)[C@H]1O. The first-order valence-corrected chi connectivity index (χ1v) is 14.5. The van der Waals surface area contributed by atoms with Crippen molar-refractivity contribution < 1.29 is 94.3 Å². The van der Waals surface area contributed by atoms with Crippen molar-refractivity contribution in [3.8, 4) is 0 Å². The number of rotatable bonds is 6. The van der Waals surface area contributed by atoms with Crippen molar-refractivity contribution in [1.29, 1.82) is 0 Å². The standard InChI is InChI=1S/C18H36N4O11.4C2H4O2/c19-2-6-10(25)12(27)13(28)18(30-6)33-16-5(21)1-4(20)15(14(16)29)32-17-11(26)8(22)9(24)7(3-23)31-17;4*1-2(3)4/h4-18,23-29H,1-3,19-22H2;4*1H3,(H,3,4)/t4-,5+,6+,7-,8+,9-,10+,11-,12-,13+,14-,15+,16-,17-,18+;;;;/m1..../s1. The molecule has 1 aliphatic carbocycles. The molecule has 0 aromatic carbocycles. The Bertz CT molecular complexity index is 880. The number of hydrogen-bond acceptors (Lipinski definition) is 19. The number of aliphatic hydroxyl groups is 7. The van der Waals surface area contributed by atoms with Gasteiger partial charge in [-0.1, -0.05) is 0 Å². The van der Waals surface area contributed by atoms with E-state index in [2.05, 4.69) is 0 Å². The van der Waals surface area contributed by atoms with E-state index in [4.69, 9.17) is 81.5 Å². The predicted molar refractivity (Wildman–Crippen MR) is 161 cm³/mol. The van der Waals surface area contributed by atoms with E-state index in [-0.39, 0.29) is 13.0 Å². The molecule has 2 saturated heterocycles. The van der Waals surface area contributed by atoms with Gasteiger partial charge in [-0.3, -0.25) is 19.2 Å². The highest BCUT2D eigenvalue weighted by Crippen LogP contribution is 2.31. The van der Waals surface area contributed by atoms with Crippen LogP contribution in [-0.4, -0.2) is 185 Å². The Balaban J connectivity index is 0. The smallest absolute Gasteiger partial charge is 0.300 e. The topological polar surface area (TPSA) is 432 Å². The Morgan fingerprint density at radius 2 is 0.939 bits per heavy atom. The molecule has 0 spiro atoms. The number of carboxylic acid groups (broad SMARTS) is 4. The number of carboxylic acids is 4. The fourth-order valence-corrected chi connectivity index (χ4v) is 4.40. The summed E-state index contributed by atoms with van der Waals surface area (Å²) in [6.45, 7) is 3.57. The summed E-state index contributed by atoms with van der Waals surface area (Å²) in [6, 6.07) is -2.86. The average Bonchev–Trinajstić information content (AvgIpc) is 2.96. The molecule has 2 aliphatic heterocycles. The summed E-state index contributed by atoms with van der Waals surface area (Å²) < 4.78 is 22.2. The number of aliphatic hydroxyl groups excluding tert-OH is 7. The maximum atomic E-state index is 10.9. The van der Waals surface area contributed by atoms with Gasteiger partial charge in [0.2, 0.25) is 0 Å². The molecule has 15 atom stereocenters. The van der Waals surface area contributed by atoms with Crippen LogP contribution in [0.4, 0.5) is 0 Å². The first-order chi connectivity index (χ1) is 22.4. The van der Waals surface area contributed by atoms with Gasteiger partial charge in [-0.2, -0.15) is 0 Å². The molecule has 290 valence electrons. The molecule has 2 heterocycles. The fourth-order valence-electron chi connectivity index (χ4n) is 4.40. The van der Waals surface area contributed by atoms with Crippen LogP contribution in [0.15, 0.2) is 0 Å². The van der Waals surface area contributed by atoms with E-state index in [1.165, 1.54) is 0 Å². The Labute approximate surface area is 280 Å². The van der Waals surface area contributed by atoms with Gasteiger partial charge in [-0.05, 0) is 6.42 Å². The van der Waals surface area contributed by atoms with Crippen molar-refractivity contribution in [3.63, 3.8) is 0 Å². The van der Waals surface area contributed by atoms with Crippen molar-refractivity contribution in [3.05, 3.63) is 0 Å². The molecule has 0 radical (unpaired) electrons. The average molecular weight is 725 g/mol. The van der Waals surface area contributed by atoms with Gasteiger partial charge in [-0.15, -0.1) is 0 Å². The Kier molecular flexibility index (Phi) is 23.3. The lowest BCUT2D eigenvalue weighted by Gasteiger charge is -2.48. The summed E-state index contributed by atoms with van der Waals surface area (Å²) in [6.07, 6.45) is -16.5. The second-order valence-corrected chi connectivity index (χ2v) is 10.9. The first-order valence-electron chi connectivity index (χ1n) is 14.5. The third kappa shape index (κ3) is 17.7. The molecular formula is C26H52N4O19. The second-order valence-electron chi connectivity index (χ2n) is 10.9. The van der Waals surface area contributed by atoms with Gasteiger partial charge in [0, 0.05) is 46.3 Å². The maximum absolute atomic E-state index is 10.9. The molecule has 0 bridgehead atoms. The predicted octanol–water partition coefficient (Wildman–Crippen LogP) is -6.93. The monoisotopic (exact) mass is 724 g/mol. The van der Waals surface area contributed by atoms with Crippen LogP contribution in [0.1, 0.15) is 34.1 Å². The highest BCUT2D eigenvalue weighted by atomic mass is 16.7. The lowest BCUT2D eigenvalue weighted by Crippen LogP contribution is -2.68. The minimum absolute atomic E-state index is 0.0849. The zero-order valence-corrected chi connectivity index (χ0v) is 27.3. The Hall–Kier alpha value is -2.72. The second kappa shape index (κ2) is 23.6. The Morgan fingerprint density at radius 1 is 0.592 bits per heavy atom. The maximum Gasteiger partial charge on any atom is 0.300 e. The molecule has 1 saturated carbocycles. The summed E-state index contributed by atoms with van der Waals surface area (Å²) in [5.41, 5.74) is 23.5. The van der Waals surface area contributed by atoms with Gasteiger partial charge in [0.25, 0.3) is 23.9 Å². The molecule has 3 aliphatic rings. The van der Waals surface area contributed by atoms with E-state index in [9.17, 15) is 35.7 Å². The molecular weight excluding hydrogens is 672 g/mol. The largest absolute Gasteiger partial charge is 0.481 e. The van der Waals surface area contributed by atoms with E-state index in [1.54, 1.807) is 0 Å². The third-order valence-corrected chi connectivity index (χ3v) is 6.48. The molecule has 0 aromatic rings. The van der Waals surface area contributed by atoms with E-state index in [1.807, 2.05) is 0 Å². The van der Waals surface area contributed by atoms with Gasteiger partial charge in [0.05, 0.1) is 12.6 Å². The normalized spacial score (nSPS) is 38.2. The molecule has 49 heavy (non-hydrogen) atoms. The minimum Gasteiger partial charge on any atom is -0.481 e. The highest BCUT2D eigenvalue weighted by Gasteiger charge is 2.51.